The van der Waals surface area contributed by atoms with Crippen molar-refractivity contribution in [3.63, 3.8) is 0 Å². The van der Waals surface area contributed by atoms with Crippen LogP contribution in [0.15, 0.2) is 12.1 Å². The molecular weight excluding hydrogens is 380 g/mol. The fourth-order valence-corrected chi connectivity index (χ4v) is 4.64. The summed E-state index contributed by atoms with van der Waals surface area (Å²) in [7, 11) is 3.21. The predicted octanol–water partition coefficient (Wildman–Crippen LogP) is 3.56. The number of carbonyl (C=O) groups is 1. The maximum Gasteiger partial charge on any atom is 0.323 e. The molecule has 0 radical (unpaired) electrons. The molecule has 6 nitrogen and oxygen atoms in total. The van der Waals surface area contributed by atoms with Gasteiger partial charge in [-0.2, -0.15) is 0 Å². The molecule has 1 saturated heterocycles. The SMILES string of the molecule is [2H]C([2H])([2H])C([2H])(C)C[C@@H]1CN2CCc3cc(OC)c(OC)cc3[C@H]2C[C@@H]1OC(=O)[C@@H](N)C(C)C. The number of fused-ring (bicyclic) bond motifs is 3. The van der Waals surface area contributed by atoms with Gasteiger partial charge in [0.1, 0.15) is 12.1 Å². The highest BCUT2D eigenvalue weighted by molar-refractivity contribution is 5.76. The summed E-state index contributed by atoms with van der Waals surface area (Å²) < 4.78 is 48.9. The summed E-state index contributed by atoms with van der Waals surface area (Å²) in [5.41, 5.74) is 8.31. The molecule has 0 saturated carbocycles. The maximum atomic E-state index is 12.8. The number of carbonyl (C=O) groups excluding carboxylic acids is 1. The van der Waals surface area contributed by atoms with Crippen molar-refractivity contribution in [3.8, 4) is 11.5 Å². The molecule has 1 unspecified atom stereocenters. The second kappa shape index (κ2) is 9.56. The second-order valence-corrected chi connectivity index (χ2v) is 8.89. The number of nitrogens with two attached hydrogens (primary N) is 1. The molecule has 2 N–H and O–H groups in total. The number of piperidine rings is 1. The fourth-order valence-electron chi connectivity index (χ4n) is 4.64. The lowest BCUT2D eigenvalue weighted by molar-refractivity contribution is -0.160. The molecule has 6 heteroatoms. The summed E-state index contributed by atoms with van der Waals surface area (Å²) in [6.07, 6.45) is 0.879. The Kier molecular flexibility index (Phi) is 5.69. The van der Waals surface area contributed by atoms with Gasteiger partial charge in [0.05, 0.1) is 14.2 Å². The Bertz CT molecular complexity index is 890. The summed E-state index contributed by atoms with van der Waals surface area (Å²) in [5, 5.41) is 0. The maximum absolute atomic E-state index is 12.8. The first-order chi connectivity index (χ1) is 15.8. The van der Waals surface area contributed by atoms with Gasteiger partial charge >= 0.3 is 5.97 Å². The standard InChI is InChI=1S/C24H38N2O4/c1-14(2)9-17-13-26-8-7-16-10-21(28-5)22(29-6)11-18(16)19(26)12-20(17)30-24(27)23(25)15(3)4/h10-11,14-15,17,19-20,23H,7-9,12-13,25H2,1-6H3/t17-,19-,20+,23+/m1/s1/i1D3,14D/t14?,17-,19-,20+,23+. The van der Waals surface area contributed by atoms with E-state index in [2.05, 4.69) is 4.90 Å². The van der Waals surface area contributed by atoms with Gasteiger partial charge in [-0.05, 0) is 47.9 Å². The summed E-state index contributed by atoms with van der Waals surface area (Å²) in [5.74, 6) is -1.19. The molecule has 3 rings (SSSR count). The zero-order valence-electron chi connectivity index (χ0n) is 22.7. The summed E-state index contributed by atoms with van der Waals surface area (Å²) >= 11 is 0. The van der Waals surface area contributed by atoms with Crippen LogP contribution in [0.2, 0.25) is 0 Å². The minimum absolute atomic E-state index is 0.0161. The van der Waals surface area contributed by atoms with Gasteiger partial charge in [-0.15, -0.1) is 0 Å². The Morgan fingerprint density at radius 3 is 2.63 bits per heavy atom. The molecule has 0 aromatic heterocycles. The van der Waals surface area contributed by atoms with Crippen molar-refractivity contribution >= 4 is 5.97 Å². The van der Waals surface area contributed by atoms with Crippen molar-refractivity contribution in [1.82, 2.24) is 4.90 Å². The third-order valence-corrected chi connectivity index (χ3v) is 6.39. The van der Waals surface area contributed by atoms with Crippen LogP contribution in [0.4, 0.5) is 0 Å². The summed E-state index contributed by atoms with van der Waals surface area (Å²) in [6.45, 7) is 4.05. The average molecular weight is 423 g/mol. The first kappa shape index (κ1) is 17.8. The van der Waals surface area contributed by atoms with Crippen LogP contribution < -0.4 is 15.2 Å². The van der Waals surface area contributed by atoms with Gasteiger partial charge in [0.2, 0.25) is 0 Å². The summed E-state index contributed by atoms with van der Waals surface area (Å²) in [4.78, 5) is 15.1. The number of hydrogen-bond donors (Lipinski definition) is 1. The van der Waals surface area contributed by atoms with E-state index in [1.165, 1.54) is 6.92 Å². The van der Waals surface area contributed by atoms with E-state index >= 15 is 0 Å². The predicted molar refractivity (Wildman–Crippen MR) is 118 cm³/mol. The molecule has 2 heterocycles. The quantitative estimate of drug-likeness (QED) is 0.677. The minimum atomic E-state index is -2.44. The van der Waals surface area contributed by atoms with Crippen LogP contribution in [0.5, 0.6) is 11.5 Å². The van der Waals surface area contributed by atoms with Crippen molar-refractivity contribution in [3.05, 3.63) is 23.3 Å². The van der Waals surface area contributed by atoms with Crippen molar-refractivity contribution in [2.24, 2.45) is 23.5 Å². The molecule has 0 amide bonds. The lowest BCUT2D eigenvalue weighted by Gasteiger charge is -2.47. The zero-order chi connectivity index (χ0) is 25.4. The Balaban J connectivity index is 1.94. The van der Waals surface area contributed by atoms with Crippen LogP contribution >= 0.6 is 0 Å². The average Bonchev–Trinajstić information content (AvgIpc) is 2.76. The van der Waals surface area contributed by atoms with E-state index < -0.39 is 30.9 Å². The topological polar surface area (TPSA) is 74.0 Å². The highest BCUT2D eigenvalue weighted by Gasteiger charge is 2.41. The van der Waals surface area contributed by atoms with E-state index in [0.717, 1.165) is 24.1 Å². The molecule has 1 aromatic rings. The molecule has 5 atom stereocenters. The minimum Gasteiger partial charge on any atom is -0.493 e. The summed E-state index contributed by atoms with van der Waals surface area (Å²) in [6, 6.07) is 3.22. The number of methoxy groups -OCH3 is 2. The molecule has 1 aromatic carbocycles. The monoisotopic (exact) mass is 422 g/mol. The Morgan fingerprint density at radius 1 is 1.30 bits per heavy atom. The van der Waals surface area contributed by atoms with E-state index in [1.54, 1.807) is 14.2 Å². The largest absolute Gasteiger partial charge is 0.493 e. The second-order valence-electron chi connectivity index (χ2n) is 8.89. The molecule has 168 valence electrons. The normalized spacial score (nSPS) is 29.2. The van der Waals surface area contributed by atoms with E-state index in [1.807, 2.05) is 26.0 Å². The van der Waals surface area contributed by atoms with Crippen LogP contribution in [0.3, 0.4) is 0 Å². The van der Waals surface area contributed by atoms with Crippen LogP contribution in [0.1, 0.15) is 63.1 Å². The number of benzene rings is 1. The molecule has 30 heavy (non-hydrogen) atoms. The van der Waals surface area contributed by atoms with Gasteiger partial charge in [-0.3, -0.25) is 9.69 Å². The Morgan fingerprint density at radius 2 is 2.00 bits per heavy atom. The molecule has 0 spiro atoms. The van der Waals surface area contributed by atoms with Crippen LogP contribution in [0, 0.1) is 17.7 Å². The van der Waals surface area contributed by atoms with Gasteiger partial charge < -0.3 is 19.9 Å². The van der Waals surface area contributed by atoms with Crippen LogP contribution in [-0.2, 0) is 16.0 Å². The lowest BCUT2D eigenvalue weighted by Crippen LogP contribution is -2.51. The molecular formula is C24H38N2O4. The van der Waals surface area contributed by atoms with Gasteiger partial charge in [-0.1, -0.05) is 27.6 Å². The zero-order valence-corrected chi connectivity index (χ0v) is 18.7. The number of esters is 1. The number of nitrogens with zero attached hydrogens (tertiary/aromatic N) is 1. The Hall–Kier alpha value is -1.79. The third-order valence-electron chi connectivity index (χ3n) is 6.39. The lowest BCUT2D eigenvalue weighted by atomic mass is 9.79. The first-order valence-electron chi connectivity index (χ1n) is 12.7. The highest BCUT2D eigenvalue weighted by Crippen LogP contribution is 2.44. The third kappa shape index (κ3) is 4.75. The molecule has 0 aliphatic carbocycles. The van der Waals surface area contributed by atoms with E-state index in [9.17, 15) is 4.79 Å². The van der Waals surface area contributed by atoms with E-state index in [-0.39, 0.29) is 24.3 Å². The fraction of sp³-hybridized carbons (Fsp3) is 0.708. The van der Waals surface area contributed by atoms with Crippen LogP contribution in [0.25, 0.3) is 0 Å². The molecule has 0 bridgehead atoms. The van der Waals surface area contributed by atoms with Crippen molar-refractivity contribution < 1.29 is 24.5 Å². The highest BCUT2D eigenvalue weighted by atomic mass is 16.5. The number of rotatable bonds is 7. The number of hydrogen-bond acceptors (Lipinski definition) is 6. The van der Waals surface area contributed by atoms with Crippen molar-refractivity contribution in [2.75, 3.05) is 27.3 Å². The van der Waals surface area contributed by atoms with E-state index in [0.29, 0.717) is 24.5 Å². The van der Waals surface area contributed by atoms with Gasteiger partial charge in [0, 0.05) is 37.0 Å². The van der Waals surface area contributed by atoms with Gasteiger partial charge in [0.15, 0.2) is 11.5 Å². The van der Waals surface area contributed by atoms with Crippen molar-refractivity contribution in [2.45, 2.75) is 65.1 Å². The Labute approximate surface area is 186 Å². The first-order valence-corrected chi connectivity index (χ1v) is 10.7. The van der Waals surface area contributed by atoms with Gasteiger partial charge in [0.25, 0.3) is 0 Å². The van der Waals surface area contributed by atoms with Crippen molar-refractivity contribution in [1.29, 1.82) is 0 Å². The van der Waals surface area contributed by atoms with Gasteiger partial charge in [-0.25, -0.2) is 0 Å². The van der Waals surface area contributed by atoms with E-state index in [4.69, 9.17) is 25.4 Å². The van der Waals surface area contributed by atoms with Crippen LogP contribution in [-0.4, -0.2) is 50.3 Å². The smallest absolute Gasteiger partial charge is 0.323 e. The number of ether oxygens (including phenoxy) is 3. The molecule has 1 fully saturated rings. The molecule has 2 aliphatic rings. The molecule has 2 aliphatic heterocycles.